The van der Waals surface area contributed by atoms with Gasteiger partial charge in [0, 0.05) is 24.7 Å². The lowest BCUT2D eigenvalue weighted by atomic mass is 10.1. The van der Waals surface area contributed by atoms with Crippen LogP contribution in [0.25, 0.3) is 0 Å². The number of hydrogen-bond acceptors (Lipinski definition) is 4. The van der Waals surface area contributed by atoms with Crippen LogP contribution in [0.4, 0.5) is 11.4 Å². The van der Waals surface area contributed by atoms with E-state index >= 15 is 0 Å². The van der Waals surface area contributed by atoms with Crippen molar-refractivity contribution in [2.75, 3.05) is 30.0 Å². The first kappa shape index (κ1) is 20.7. The van der Waals surface area contributed by atoms with Gasteiger partial charge in [0.25, 0.3) is 0 Å². The van der Waals surface area contributed by atoms with Gasteiger partial charge in [-0.2, -0.15) is 0 Å². The lowest BCUT2D eigenvalue weighted by Crippen LogP contribution is -2.28. The molecule has 1 aliphatic rings. The predicted molar refractivity (Wildman–Crippen MR) is 114 cm³/mol. The molecule has 1 unspecified atom stereocenters. The number of anilines is 2. The second-order valence-corrected chi connectivity index (χ2v) is 6.90. The number of hydrogen-bond donors (Lipinski definition) is 1. The van der Waals surface area contributed by atoms with Crippen LogP contribution in [0.3, 0.4) is 0 Å². The van der Waals surface area contributed by atoms with E-state index in [1.54, 1.807) is 17.0 Å². The highest BCUT2D eigenvalue weighted by Crippen LogP contribution is 2.32. The summed E-state index contributed by atoms with van der Waals surface area (Å²) in [6.45, 7) is 7.24. The van der Waals surface area contributed by atoms with E-state index in [2.05, 4.69) is 12.2 Å². The summed E-state index contributed by atoms with van der Waals surface area (Å²) in [4.78, 5) is 27.3. The number of aryl methyl sites for hydroxylation is 1. The maximum absolute atomic E-state index is 12.9. The van der Waals surface area contributed by atoms with Gasteiger partial charge in [0.15, 0.2) is 0 Å². The summed E-state index contributed by atoms with van der Waals surface area (Å²) in [6.07, 6.45) is 1.03. The fraction of sp³-hybridized carbons (Fsp3) is 0.391. The molecule has 1 N–H and O–H groups in total. The van der Waals surface area contributed by atoms with Crippen LogP contribution < -0.4 is 19.7 Å². The topological polar surface area (TPSA) is 67.9 Å². The molecule has 3 rings (SSSR count). The van der Waals surface area contributed by atoms with Gasteiger partial charge >= 0.3 is 0 Å². The number of ether oxygens (including phenoxy) is 2. The minimum atomic E-state index is -0.419. The molecule has 1 heterocycles. The van der Waals surface area contributed by atoms with E-state index in [1.165, 1.54) is 0 Å². The molecule has 6 nitrogen and oxygen atoms in total. The van der Waals surface area contributed by atoms with Crippen molar-refractivity contribution in [3.63, 3.8) is 0 Å². The van der Waals surface area contributed by atoms with Gasteiger partial charge < -0.3 is 19.7 Å². The highest BCUT2D eigenvalue weighted by atomic mass is 16.5. The number of para-hydroxylation sites is 1. The fourth-order valence-electron chi connectivity index (χ4n) is 3.57. The Labute approximate surface area is 171 Å². The van der Waals surface area contributed by atoms with E-state index in [0.29, 0.717) is 36.9 Å². The number of carbonyl (C=O) groups is 2. The van der Waals surface area contributed by atoms with Gasteiger partial charge in [-0.05, 0) is 44.0 Å². The van der Waals surface area contributed by atoms with Crippen molar-refractivity contribution < 1.29 is 19.1 Å². The van der Waals surface area contributed by atoms with Crippen LogP contribution in [0.15, 0.2) is 42.5 Å². The highest BCUT2D eigenvalue weighted by molar-refractivity contribution is 6.04. The maximum Gasteiger partial charge on any atom is 0.229 e. The van der Waals surface area contributed by atoms with Gasteiger partial charge in [0.2, 0.25) is 11.8 Å². The minimum Gasteiger partial charge on any atom is -0.494 e. The van der Waals surface area contributed by atoms with E-state index < -0.39 is 5.92 Å². The van der Waals surface area contributed by atoms with Crippen molar-refractivity contribution >= 4 is 23.2 Å². The van der Waals surface area contributed by atoms with E-state index in [9.17, 15) is 9.59 Å². The number of nitrogens with one attached hydrogen (secondary N) is 1. The molecular weight excluding hydrogens is 368 g/mol. The van der Waals surface area contributed by atoms with Crippen molar-refractivity contribution in [1.29, 1.82) is 0 Å². The van der Waals surface area contributed by atoms with Crippen LogP contribution in [0.2, 0.25) is 0 Å². The van der Waals surface area contributed by atoms with Gasteiger partial charge in [-0.3, -0.25) is 9.59 Å². The van der Waals surface area contributed by atoms with E-state index in [4.69, 9.17) is 9.47 Å². The molecule has 1 saturated heterocycles. The summed E-state index contributed by atoms with van der Waals surface area (Å²) in [5, 5.41) is 2.93. The largest absolute Gasteiger partial charge is 0.494 e. The van der Waals surface area contributed by atoms with Crippen molar-refractivity contribution in [3.8, 4) is 11.5 Å². The number of nitrogens with zero attached hydrogens (tertiary/aromatic N) is 1. The van der Waals surface area contributed by atoms with E-state index in [0.717, 1.165) is 17.7 Å². The molecule has 0 bridgehead atoms. The van der Waals surface area contributed by atoms with Gasteiger partial charge in [0.05, 0.1) is 24.8 Å². The van der Waals surface area contributed by atoms with E-state index in [1.807, 2.05) is 44.2 Å². The molecule has 1 atom stereocenters. The summed E-state index contributed by atoms with van der Waals surface area (Å²) in [5.74, 6) is 0.607. The monoisotopic (exact) mass is 396 g/mol. The number of rotatable bonds is 8. The van der Waals surface area contributed by atoms with Gasteiger partial charge in [-0.15, -0.1) is 0 Å². The van der Waals surface area contributed by atoms with Crippen LogP contribution in [0, 0.1) is 5.92 Å². The Balaban J connectivity index is 1.76. The summed E-state index contributed by atoms with van der Waals surface area (Å²) in [7, 11) is 0. The molecule has 2 amide bonds. The third-order valence-electron chi connectivity index (χ3n) is 4.98. The quantitative estimate of drug-likeness (QED) is 0.731. The first-order valence-electron chi connectivity index (χ1n) is 10.2. The predicted octanol–water partition coefficient (Wildman–Crippen LogP) is 4.04. The van der Waals surface area contributed by atoms with Gasteiger partial charge in [-0.25, -0.2) is 0 Å². The molecule has 2 aromatic carbocycles. The molecule has 0 aromatic heterocycles. The van der Waals surface area contributed by atoms with E-state index in [-0.39, 0.29) is 18.2 Å². The van der Waals surface area contributed by atoms with Crippen molar-refractivity contribution in [2.45, 2.75) is 33.6 Å². The van der Waals surface area contributed by atoms with Crippen LogP contribution in [-0.4, -0.2) is 31.6 Å². The second kappa shape index (κ2) is 9.45. The lowest BCUT2D eigenvalue weighted by molar-refractivity contribution is -0.122. The van der Waals surface area contributed by atoms with Crippen LogP contribution in [-0.2, 0) is 16.0 Å². The maximum atomic E-state index is 12.9. The zero-order chi connectivity index (χ0) is 20.8. The number of carbonyl (C=O) groups excluding carboxylic acids is 2. The normalized spacial score (nSPS) is 16.0. The SMILES string of the molecule is CCOc1ccc(OCC)c(NC(=O)C2CC(=O)N(c3ccccc3CC)C2)c1. The molecule has 0 aliphatic carbocycles. The van der Waals surface area contributed by atoms with Crippen LogP contribution in [0.1, 0.15) is 32.8 Å². The highest BCUT2D eigenvalue weighted by Gasteiger charge is 2.36. The molecule has 0 saturated carbocycles. The Morgan fingerprint density at radius 1 is 1.10 bits per heavy atom. The molecule has 1 fully saturated rings. The molecule has 154 valence electrons. The third kappa shape index (κ3) is 4.70. The Morgan fingerprint density at radius 2 is 1.86 bits per heavy atom. The Hall–Kier alpha value is -3.02. The standard InChI is InChI=1S/C23H28N2O4/c1-4-16-9-7-8-10-20(16)25-15-17(13-22(25)26)23(27)24-19-14-18(28-5-2)11-12-21(19)29-6-3/h7-12,14,17H,4-6,13,15H2,1-3H3,(H,24,27). The first-order valence-corrected chi connectivity index (χ1v) is 10.2. The van der Waals surface area contributed by atoms with Crippen molar-refractivity contribution in [2.24, 2.45) is 5.92 Å². The molecule has 0 radical (unpaired) electrons. The lowest BCUT2D eigenvalue weighted by Gasteiger charge is -2.20. The van der Waals surface area contributed by atoms with Crippen LogP contribution in [0.5, 0.6) is 11.5 Å². The first-order chi connectivity index (χ1) is 14.1. The van der Waals surface area contributed by atoms with Crippen LogP contribution >= 0.6 is 0 Å². The zero-order valence-corrected chi connectivity index (χ0v) is 17.2. The molecule has 0 spiro atoms. The number of benzene rings is 2. The summed E-state index contributed by atoms with van der Waals surface area (Å²) in [6, 6.07) is 13.2. The average Bonchev–Trinajstić information content (AvgIpc) is 3.12. The van der Waals surface area contributed by atoms with Crippen molar-refractivity contribution in [1.82, 2.24) is 0 Å². The third-order valence-corrected chi connectivity index (χ3v) is 4.98. The average molecular weight is 396 g/mol. The molecule has 1 aliphatic heterocycles. The molecule has 6 heteroatoms. The second-order valence-electron chi connectivity index (χ2n) is 6.90. The minimum absolute atomic E-state index is 0.0286. The summed E-state index contributed by atoms with van der Waals surface area (Å²) >= 11 is 0. The number of amides is 2. The fourth-order valence-corrected chi connectivity index (χ4v) is 3.57. The van der Waals surface area contributed by atoms with Crippen molar-refractivity contribution in [3.05, 3.63) is 48.0 Å². The Morgan fingerprint density at radius 3 is 2.59 bits per heavy atom. The zero-order valence-electron chi connectivity index (χ0n) is 17.2. The Kier molecular flexibility index (Phi) is 6.75. The Bertz CT molecular complexity index is 881. The smallest absolute Gasteiger partial charge is 0.229 e. The van der Waals surface area contributed by atoms with Gasteiger partial charge in [0.1, 0.15) is 11.5 Å². The molecule has 29 heavy (non-hydrogen) atoms. The molecular formula is C23H28N2O4. The van der Waals surface area contributed by atoms with Gasteiger partial charge in [-0.1, -0.05) is 25.1 Å². The molecule has 2 aromatic rings. The summed E-state index contributed by atoms with van der Waals surface area (Å²) < 4.78 is 11.2. The summed E-state index contributed by atoms with van der Waals surface area (Å²) in [5.41, 5.74) is 2.55.